The average molecular weight is 291 g/mol. The highest BCUT2D eigenvalue weighted by atomic mass is 35.5. The first-order valence-corrected chi connectivity index (χ1v) is 6.48. The third kappa shape index (κ3) is 2.63. The number of ketones is 1. The second-order valence-electron chi connectivity index (χ2n) is 4.31. The fourth-order valence-electron chi connectivity index (χ4n) is 1.96. The van der Waals surface area contributed by atoms with Crippen LogP contribution in [0.5, 0.6) is 11.5 Å². The predicted molar refractivity (Wildman–Crippen MR) is 79.2 cm³/mol. The maximum absolute atomic E-state index is 12.5. The van der Waals surface area contributed by atoms with Crippen LogP contribution in [0.2, 0.25) is 5.02 Å². The zero-order valence-electron chi connectivity index (χ0n) is 11.6. The number of carbonyl (C=O) groups is 1. The van der Waals surface area contributed by atoms with E-state index in [-0.39, 0.29) is 5.78 Å². The van der Waals surface area contributed by atoms with Crippen LogP contribution in [0, 0.1) is 6.92 Å². The summed E-state index contributed by atoms with van der Waals surface area (Å²) in [4.78, 5) is 12.5. The molecule has 2 aromatic carbocycles. The average Bonchev–Trinajstić information content (AvgIpc) is 2.49. The second kappa shape index (κ2) is 5.97. The highest BCUT2D eigenvalue weighted by molar-refractivity contribution is 6.35. The molecule has 0 fully saturated rings. The number of hydrogen-bond acceptors (Lipinski definition) is 3. The molecule has 2 rings (SSSR count). The summed E-state index contributed by atoms with van der Waals surface area (Å²) in [5.74, 6) is 1.25. The molecule has 3 nitrogen and oxygen atoms in total. The number of ether oxygens (including phenoxy) is 2. The number of carbonyl (C=O) groups excluding carboxylic acids is 1. The van der Waals surface area contributed by atoms with Crippen molar-refractivity contribution in [3.63, 3.8) is 0 Å². The van der Waals surface area contributed by atoms with Gasteiger partial charge in [0.15, 0.2) is 5.78 Å². The van der Waals surface area contributed by atoms with E-state index in [0.717, 1.165) is 5.56 Å². The SMILES string of the molecule is COc1ccc(C(=O)c2ccc(OC)c(C)c2Cl)cc1. The molecular formula is C16H15ClO3. The van der Waals surface area contributed by atoms with Crippen LogP contribution in [0.4, 0.5) is 0 Å². The molecule has 0 radical (unpaired) electrons. The van der Waals surface area contributed by atoms with Crippen molar-refractivity contribution in [2.24, 2.45) is 0 Å². The van der Waals surface area contributed by atoms with Crippen LogP contribution in [0.1, 0.15) is 21.5 Å². The van der Waals surface area contributed by atoms with Crippen LogP contribution in [-0.4, -0.2) is 20.0 Å². The van der Waals surface area contributed by atoms with Gasteiger partial charge in [0.05, 0.1) is 19.2 Å². The van der Waals surface area contributed by atoms with E-state index in [1.165, 1.54) is 0 Å². The van der Waals surface area contributed by atoms with Crippen LogP contribution in [0.3, 0.4) is 0 Å². The lowest BCUT2D eigenvalue weighted by molar-refractivity contribution is 0.103. The Balaban J connectivity index is 2.40. The van der Waals surface area contributed by atoms with Gasteiger partial charge < -0.3 is 9.47 Å². The van der Waals surface area contributed by atoms with Crippen molar-refractivity contribution < 1.29 is 14.3 Å². The summed E-state index contributed by atoms with van der Waals surface area (Å²) >= 11 is 6.25. The van der Waals surface area contributed by atoms with E-state index in [4.69, 9.17) is 21.1 Å². The summed E-state index contributed by atoms with van der Waals surface area (Å²) in [6.07, 6.45) is 0. The van der Waals surface area contributed by atoms with Gasteiger partial charge in [-0.25, -0.2) is 0 Å². The third-order valence-electron chi connectivity index (χ3n) is 3.15. The molecule has 2 aromatic rings. The number of halogens is 1. The van der Waals surface area contributed by atoms with Gasteiger partial charge in [-0.2, -0.15) is 0 Å². The Bertz CT molecular complexity index is 633. The molecule has 0 N–H and O–H groups in total. The molecule has 0 aliphatic carbocycles. The molecule has 0 atom stereocenters. The van der Waals surface area contributed by atoms with E-state index < -0.39 is 0 Å². The summed E-state index contributed by atoms with van der Waals surface area (Å²) in [6, 6.07) is 10.4. The monoisotopic (exact) mass is 290 g/mol. The smallest absolute Gasteiger partial charge is 0.194 e. The minimum atomic E-state index is -0.122. The fraction of sp³-hybridized carbons (Fsp3) is 0.188. The lowest BCUT2D eigenvalue weighted by Crippen LogP contribution is -2.04. The lowest BCUT2D eigenvalue weighted by Gasteiger charge is -2.10. The fourth-order valence-corrected chi connectivity index (χ4v) is 2.20. The number of hydrogen-bond donors (Lipinski definition) is 0. The molecule has 0 aromatic heterocycles. The molecule has 0 spiro atoms. The topological polar surface area (TPSA) is 35.5 Å². The minimum Gasteiger partial charge on any atom is -0.497 e. The predicted octanol–water partition coefficient (Wildman–Crippen LogP) is 3.90. The molecule has 0 saturated heterocycles. The van der Waals surface area contributed by atoms with Crippen LogP contribution in [0.15, 0.2) is 36.4 Å². The van der Waals surface area contributed by atoms with Gasteiger partial charge in [-0.1, -0.05) is 11.6 Å². The number of methoxy groups -OCH3 is 2. The summed E-state index contributed by atoms with van der Waals surface area (Å²) in [6.45, 7) is 1.83. The van der Waals surface area contributed by atoms with Gasteiger partial charge in [0.1, 0.15) is 11.5 Å². The van der Waals surface area contributed by atoms with Crippen molar-refractivity contribution in [2.45, 2.75) is 6.92 Å². The summed E-state index contributed by atoms with van der Waals surface area (Å²) in [5, 5.41) is 0.421. The molecule has 0 bridgehead atoms. The highest BCUT2D eigenvalue weighted by Gasteiger charge is 2.16. The maximum atomic E-state index is 12.5. The molecule has 0 unspecified atom stereocenters. The van der Waals surface area contributed by atoms with E-state index in [2.05, 4.69) is 0 Å². The van der Waals surface area contributed by atoms with Crippen LogP contribution >= 0.6 is 11.6 Å². The van der Waals surface area contributed by atoms with Gasteiger partial charge in [0, 0.05) is 16.7 Å². The maximum Gasteiger partial charge on any atom is 0.194 e. The molecule has 0 aliphatic heterocycles. The second-order valence-corrected chi connectivity index (χ2v) is 4.69. The third-order valence-corrected chi connectivity index (χ3v) is 3.64. The van der Waals surface area contributed by atoms with E-state index in [0.29, 0.717) is 27.6 Å². The van der Waals surface area contributed by atoms with Gasteiger partial charge in [0.2, 0.25) is 0 Å². The van der Waals surface area contributed by atoms with Crippen molar-refractivity contribution in [1.29, 1.82) is 0 Å². The van der Waals surface area contributed by atoms with Gasteiger partial charge in [-0.3, -0.25) is 4.79 Å². The van der Waals surface area contributed by atoms with Crippen molar-refractivity contribution in [2.75, 3.05) is 14.2 Å². The van der Waals surface area contributed by atoms with Crippen molar-refractivity contribution >= 4 is 17.4 Å². The molecule has 4 heteroatoms. The summed E-state index contributed by atoms with van der Waals surface area (Å²) < 4.78 is 10.3. The summed E-state index contributed by atoms with van der Waals surface area (Å²) in [5.41, 5.74) is 1.79. The first kappa shape index (κ1) is 14.4. The Morgan fingerprint density at radius 3 is 2.20 bits per heavy atom. The largest absolute Gasteiger partial charge is 0.497 e. The zero-order chi connectivity index (χ0) is 14.7. The Labute approximate surface area is 123 Å². The molecule has 0 heterocycles. The highest BCUT2D eigenvalue weighted by Crippen LogP contribution is 2.30. The molecule has 0 saturated carbocycles. The molecule has 0 amide bonds. The summed E-state index contributed by atoms with van der Waals surface area (Å²) in [7, 11) is 3.16. The molecule has 104 valence electrons. The Hall–Kier alpha value is -2.00. The van der Waals surface area contributed by atoms with E-state index in [1.807, 2.05) is 6.92 Å². The normalized spacial score (nSPS) is 10.2. The molecular weight excluding hydrogens is 276 g/mol. The molecule has 0 aliphatic rings. The van der Waals surface area contributed by atoms with Crippen molar-refractivity contribution in [3.05, 3.63) is 58.1 Å². The number of benzene rings is 2. The Kier molecular flexibility index (Phi) is 4.30. The Morgan fingerprint density at radius 2 is 1.65 bits per heavy atom. The van der Waals surface area contributed by atoms with E-state index in [9.17, 15) is 4.79 Å². The van der Waals surface area contributed by atoms with Gasteiger partial charge >= 0.3 is 0 Å². The molecule has 20 heavy (non-hydrogen) atoms. The van der Waals surface area contributed by atoms with Gasteiger partial charge in [-0.05, 0) is 43.3 Å². The van der Waals surface area contributed by atoms with Gasteiger partial charge in [-0.15, -0.1) is 0 Å². The first-order valence-electron chi connectivity index (χ1n) is 6.10. The lowest BCUT2D eigenvalue weighted by atomic mass is 10.0. The minimum absolute atomic E-state index is 0.122. The Morgan fingerprint density at radius 1 is 1.00 bits per heavy atom. The first-order chi connectivity index (χ1) is 9.58. The van der Waals surface area contributed by atoms with Crippen LogP contribution in [-0.2, 0) is 0 Å². The van der Waals surface area contributed by atoms with Crippen molar-refractivity contribution in [3.8, 4) is 11.5 Å². The van der Waals surface area contributed by atoms with E-state index in [1.54, 1.807) is 50.6 Å². The van der Waals surface area contributed by atoms with Gasteiger partial charge in [0.25, 0.3) is 0 Å². The van der Waals surface area contributed by atoms with Crippen LogP contribution < -0.4 is 9.47 Å². The van der Waals surface area contributed by atoms with Crippen molar-refractivity contribution in [1.82, 2.24) is 0 Å². The zero-order valence-corrected chi connectivity index (χ0v) is 12.3. The number of rotatable bonds is 4. The van der Waals surface area contributed by atoms with Crippen LogP contribution in [0.25, 0.3) is 0 Å². The standard InChI is InChI=1S/C16H15ClO3/c1-10-14(20-3)9-8-13(15(10)17)16(18)11-4-6-12(19-2)7-5-11/h4-9H,1-3H3. The van der Waals surface area contributed by atoms with E-state index >= 15 is 0 Å². The quantitative estimate of drug-likeness (QED) is 0.801.